The lowest BCUT2D eigenvalue weighted by Gasteiger charge is -2.18. The first-order chi connectivity index (χ1) is 37.0. The third-order valence-corrected chi connectivity index (χ3v) is 14.2. The number of ether oxygens (including phenoxy) is 3. The zero-order valence-corrected chi connectivity index (χ0v) is 49.8. The van der Waals surface area contributed by atoms with Crippen molar-refractivity contribution in [3.05, 3.63) is 72.9 Å². The molecule has 0 saturated carbocycles. The normalized spacial score (nSPS) is 12.5. The van der Waals surface area contributed by atoms with Crippen molar-refractivity contribution >= 4 is 17.9 Å². The van der Waals surface area contributed by atoms with Crippen LogP contribution in [0.5, 0.6) is 0 Å². The molecule has 0 aliphatic carbocycles. The number of carbonyl (C=O) groups excluding carboxylic acids is 3. The molecule has 0 fully saturated rings. The Kier molecular flexibility index (Phi) is 60.7. The van der Waals surface area contributed by atoms with Gasteiger partial charge >= 0.3 is 17.9 Å². The van der Waals surface area contributed by atoms with Crippen LogP contribution < -0.4 is 0 Å². The van der Waals surface area contributed by atoms with E-state index in [1.54, 1.807) is 0 Å². The summed E-state index contributed by atoms with van der Waals surface area (Å²) in [6.45, 7) is 6.51. The van der Waals surface area contributed by atoms with Crippen LogP contribution >= 0.6 is 0 Å². The van der Waals surface area contributed by atoms with E-state index in [1.807, 2.05) is 0 Å². The van der Waals surface area contributed by atoms with Crippen LogP contribution in [0.1, 0.15) is 329 Å². The standard InChI is InChI=1S/C69H122O6/c1-4-7-10-13-16-19-22-24-25-26-27-28-29-30-31-32-33-34-35-36-37-38-39-40-41-42-43-45-47-50-53-56-59-62-68(71)74-65-66(64-73-67(70)61-58-55-52-49-46-21-18-15-12-9-6-3)75-69(72)63-60-57-54-51-48-44-23-20-17-14-11-8-5-2/h8,11,17,20,22,24,26-27,29-30,44,48,66H,4-7,9-10,12-16,18-19,21,23,25,28,31-43,45-47,49-65H2,1-3H3/b11-8-,20-17-,24-22-,27-26-,30-29-,48-44-. The average molecular weight is 1050 g/mol. The highest BCUT2D eigenvalue weighted by Crippen LogP contribution is 2.17. The molecule has 0 aromatic carbocycles. The van der Waals surface area contributed by atoms with Gasteiger partial charge < -0.3 is 14.2 Å². The number of carbonyl (C=O) groups is 3. The second-order valence-corrected chi connectivity index (χ2v) is 21.6. The van der Waals surface area contributed by atoms with E-state index < -0.39 is 6.10 Å². The molecule has 0 aromatic heterocycles. The minimum atomic E-state index is -0.787. The summed E-state index contributed by atoms with van der Waals surface area (Å²) in [6, 6.07) is 0. The van der Waals surface area contributed by atoms with Crippen LogP contribution in [-0.2, 0) is 28.6 Å². The van der Waals surface area contributed by atoms with Gasteiger partial charge in [-0.3, -0.25) is 14.4 Å². The lowest BCUT2D eigenvalue weighted by Crippen LogP contribution is -2.30. The lowest BCUT2D eigenvalue weighted by atomic mass is 10.0. The monoisotopic (exact) mass is 1050 g/mol. The first kappa shape index (κ1) is 71.8. The Labute approximate surface area is 465 Å². The molecule has 1 atom stereocenters. The zero-order valence-electron chi connectivity index (χ0n) is 49.8. The molecular weight excluding hydrogens is 925 g/mol. The molecule has 75 heavy (non-hydrogen) atoms. The van der Waals surface area contributed by atoms with Gasteiger partial charge in [0.15, 0.2) is 6.10 Å². The van der Waals surface area contributed by atoms with E-state index in [1.165, 1.54) is 193 Å². The van der Waals surface area contributed by atoms with Gasteiger partial charge in [0, 0.05) is 19.3 Å². The van der Waals surface area contributed by atoms with Crippen molar-refractivity contribution in [1.82, 2.24) is 0 Å². The molecule has 6 nitrogen and oxygen atoms in total. The number of hydrogen-bond donors (Lipinski definition) is 0. The first-order valence-corrected chi connectivity index (χ1v) is 32.4. The Bertz CT molecular complexity index is 1390. The van der Waals surface area contributed by atoms with E-state index in [0.717, 1.165) is 96.3 Å². The van der Waals surface area contributed by atoms with E-state index in [9.17, 15) is 14.4 Å². The lowest BCUT2D eigenvalue weighted by molar-refractivity contribution is -0.167. The van der Waals surface area contributed by atoms with E-state index >= 15 is 0 Å². The van der Waals surface area contributed by atoms with Gasteiger partial charge in [-0.2, -0.15) is 0 Å². The largest absolute Gasteiger partial charge is 0.462 e. The Morgan fingerprint density at radius 1 is 0.280 bits per heavy atom. The van der Waals surface area contributed by atoms with Crippen LogP contribution in [0.15, 0.2) is 72.9 Å². The summed E-state index contributed by atoms with van der Waals surface area (Å²) in [5.74, 6) is -0.901. The Morgan fingerprint density at radius 2 is 0.520 bits per heavy atom. The van der Waals surface area contributed by atoms with E-state index in [4.69, 9.17) is 14.2 Å². The minimum absolute atomic E-state index is 0.0832. The molecule has 0 heterocycles. The van der Waals surface area contributed by atoms with E-state index in [0.29, 0.717) is 19.3 Å². The van der Waals surface area contributed by atoms with E-state index in [-0.39, 0.29) is 31.1 Å². The van der Waals surface area contributed by atoms with Gasteiger partial charge in [0.2, 0.25) is 0 Å². The maximum atomic E-state index is 12.8. The van der Waals surface area contributed by atoms with Crippen LogP contribution in [0.4, 0.5) is 0 Å². The molecule has 0 N–H and O–H groups in total. The highest BCUT2D eigenvalue weighted by molar-refractivity contribution is 5.71. The van der Waals surface area contributed by atoms with Gasteiger partial charge in [-0.05, 0) is 89.9 Å². The third kappa shape index (κ3) is 61.6. The van der Waals surface area contributed by atoms with Crippen molar-refractivity contribution in [2.45, 2.75) is 335 Å². The number of unbranched alkanes of at least 4 members (excludes halogenated alkanes) is 36. The summed E-state index contributed by atoms with van der Waals surface area (Å²) in [7, 11) is 0. The van der Waals surface area contributed by atoms with Crippen molar-refractivity contribution in [3.63, 3.8) is 0 Å². The fourth-order valence-corrected chi connectivity index (χ4v) is 9.35. The van der Waals surface area contributed by atoms with Crippen molar-refractivity contribution < 1.29 is 28.6 Å². The SMILES string of the molecule is CC/C=C\C/C=C\C/C=C\CCCCCC(=O)OC(COC(=O)CCCCCCCCCCCCC)COC(=O)CCCCCCCCCCCCCCCCCCCC/C=C\C/C=C\C/C=C\CCCCCCC. The molecule has 0 aliphatic heterocycles. The molecular formula is C69H122O6. The molecule has 0 saturated heterocycles. The quantitative estimate of drug-likeness (QED) is 0.0261. The molecule has 434 valence electrons. The van der Waals surface area contributed by atoms with Crippen LogP contribution in [0.25, 0.3) is 0 Å². The summed E-state index contributed by atoms with van der Waals surface area (Å²) < 4.78 is 16.8. The predicted octanol–water partition coefficient (Wildman–Crippen LogP) is 22.1. The fraction of sp³-hybridized carbons (Fsp3) is 0.783. The van der Waals surface area contributed by atoms with Crippen LogP contribution in [0, 0.1) is 0 Å². The molecule has 0 aromatic rings. The van der Waals surface area contributed by atoms with Crippen LogP contribution in [0.2, 0.25) is 0 Å². The smallest absolute Gasteiger partial charge is 0.306 e. The second-order valence-electron chi connectivity index (χ2n) is 21.6. The summed E-state index contributed by atoms with van der Waals surface area (Å²) in [4.78, 5) is 38.1. The average Bonchev–Trinajstić information content (AvgIpc) is 3.41. The number of hydrogen-bond acceptors (Lipinski definition) is 6. The van der Waals surface area contributed by atoms with Crippen molar-refractivity contribution in [2.24, 2.45) is 0 Å². The molecule has 6 heteroatoms. The maximum Gasteiger partial charge on any atom is 0.306 e. The molecule has 0 bridgehead atoms. The second kappa shape index (κ2) is 63.4. The maximum absolute atomic E-state index is 12.8. The van der Waals surface area contributed by atoms with Crippen molar-refractivity contribution in [3.8, 4) is 0 Å². The Hall–Kier alpha value is -3.15. The third-order valence-electron chi connectivity index (χ3n) is 14.2. The number of allylic oxidation sites excluding steroid dienone is 12. The van der Waals surface area contributed by atoms with Gasteiger partial charge in [0.05, 0.1) is 0 Å². The van der Waals surface area contributed by atoms with Crippen LogP contribution in [0.3, 0.4) is 0 Å². The molecule has 0 amide bonds. The predicted molar refractivity (Wildman–Crippen MR) is 325 cm³/mol. The van der Waals surface area contributed by atoms with Gasteiger partial charge in [-0.25, -0.2) is 0 Å². The first-order valence-electron chi connectivity index (χ1n) is 32.4. The Morgan fingerprint density at radius 3 is 0.827 bits per heavy atom. The molecule has 0 rings (SSSR count). The summed E-state index contributed by atoms with van der Waals surface area (Å²) in [6.07, 6.45) is 82.3. The van der Waals surface area contributed by atoms with Crippen molar-refractivity contribution in [2.75, 3.05) is 13.2 Å². The molecule has 1 unspecified atom stereocenters. The number of esters is 3. The van der Waals surface area contributed by atoms with Gasteiger partial charge in [0.1, 0.15) is 13.2 Å². The molecule has 0 spiro atoms. The van der Waals surface area contributed by atoms with Gasteiger partial charge in [-0.1, -0.05) is 293 Å². The Balaban J connectivity index is 4.07. The highest BCUT2D eigenvalue weighted by atomic mass is 16.6. The molecule has 0 radical (unpaired) electrons. The summed E-state index contributed by atoms with van der Waals surface area (Å²) >= 11 is 0. The fourth-order valence-electron chi connectivity index (χ4n) is 9.35. The van der Waals surface area contributed by atoms with Crippen molar-refractivity contribution in [1.29, 1.82) is 0 Å². The zero-order chi connectivity index (χ0) is 54.3. The molecule has 0 aliphatic rings. The minimum Gasteiger partial charge on any atom is -0.462 e. The summed E-state index contributed by atoms with van der Waals surface area (Å²) in [5.41, 5.74) is 0. The topological polar surface area (TPSA) is 78.9 Å². The highest BCUT2D eigenvalue weighted by Gasteiger charge is 2.19. The van der Waals surface area contributed by atoms with Gasteiger partial charge in [0.25, 0.3) is 0 Å². The van der Waals surface area contributed by atoms with Crippen LogP contribution in [-0.4, -0.2) is 37.2 Å². The summed E-state index contributed by atoms with van der Waals surface area (Å²) in [5, 5.41) is 0. The van der Waals surface area contributed by atoms with E-state index in [2.05, 4.69) is 93.7 Å². The van der Waals surface area contributed by atoms with Gasteiger partial charge in [-0.15, -0.1) is 0 Å². The number of rotatable bonds is 59.